The van der Waals surface area contributed by atoms with Crippen molar-refractivity contribution in [3.05, 3.63) is 60.3 Å². The molecule has 0 saturated heterocycles. The Kier molecular flexibility index (Phi) is 4.48. The standard InChI is InChI=1S/C12H9NO2.ClH/c14-12(10-6-2-1-3-7-10)15-11-8-4-5-9-13-11;/h1-9H;1H. The van der Waals surface area contributed by atoms with Crippen molar-refractivity contribution in [3.8, 4) is 5.88 Å². The summed E-state index contributed by atoms with van der Waals surface area (Å²) >= 11 is 0. The van der Waals surface area contributed by atoms with Gasteiger partial charge in [-0.05, 0) is 18.2 Å². The van der Waals surface area contributed by atoms with E-state index in [1.165, 1.54) is 0 Å². The maximum absolute atomic E-state index is 11.6. The first-order valence-electron chi connectivity index (χ1n) is 4.54. The smallest absolute Gasteiger partial charge is 0.344 e. The molecule has 0 aliphatic rings. The zero-order valence-corrected chi connectivity index (χ0v) is 9.18. The van der Waals surface area contributed by atoms with Crippen molar-refractivity contribution in [1.29, 1.82) is 0 Å². The molecule has 0 radical (unpaired) electrons. The summed E-state index contributed by atoms with van der Waals surface area (Å²) in [6, 6.07) is 14.0. The van der Waals surface area contributed by atoms with Gasteiger partial charge < -0.3 is 4.74 Å². The zero-order chi connectivity index (χ0) is 10.5. The Balaban J connectivity index is 0.00000128. The molecule has 4 heteroatoms. The van der Waals surface area contributed by atoms with Crippen LogP contribution in [0.1, 0.15) is 10.4 Å². The molecule has 16 heavy (non-hydrogen) atoms. The zero-order valence-electron chi connectivity index (χ0n) is 8.37. The van der Waals surface area contributed by atoms with Gasteiger partial charge in [0.1, 0.15) is 0 Å². The van der Waals surface area contributed by atoms with Crippen LogP contribution in [-0.2, 0) is 0 Å². The summed E-state index contributed by atoms with van der Waals surface area (Å²) in [5.41, 5.74) is 0.517. The Hall–Kier alpha value is -1.87. The lowest BCUT2D eigenvalue weighted by atomic mass is 10.2. The summed E-state index contributed by atoms with van der Waals surface area (Å²) in [5, 5.41) is 0. The van der Waals surface area contributed by atoms with Gasteiger partial charge in [0.2, 0.25) is 5.88 Å². The highest BCUT2D eigenvalue weighted by molar-refractivity contribution is 5.90. The number of carbonyl (C=O) groups is 1. The first-order chi connectivity index (χ1) is 7.36. The van der Waals surface area contributed by atoms with Gasteiger partial charge in [-0.15, -0.1) is 12.4 Å². The molecule has 0 spiro atoms. The van der Waals surface area contributed by atoms with Gasteiger partial charge in [-0.25, -0.2) is 9.78 Å². The van der Waals surface area contributed by atoms with Gasteiger partial charge in [0.25, 0.3) is 0 Å². The highest BCUT2D eigenvalue weighted by Gasteiger charge is 2.07. The maximum Gasteiger partial charge on any atom is 0.344 e. The fourth-order valence-corrected chi connectivity index (χ4v) is 1.14. The molecule has 2 aromatic rings. The number of ether oxygens (including phenoxy) is 1. The molecule has 0 aliphatic heterocycles. The van der Waals surface area contributed by atoms with Crippen molar-refractivity contribution >= 4 is 18.4 Å². The molecule has 1 aromatic carbocycles. The van der Waals surface area contributed by atoms with Gasteiger partial charge in [0, 0.05) is 12.3 Å². The van der Waals surface area contributed by atoms with Gasteiger partial charge >= 0.3 is 5.97 Å². The summed E-state index contributed by atoms with van der Waals surface area (Å²) < 4.78 is 5.05. The van der Waals surface area contributed by atoms with E-state index in [1.807, 2.05) is 6.07 Å². The number of pyridine rings is 1. The Morgan fingerprint density at radius 1 is 1.00 bits per heavy atom. The number of rotatable bonds is 2. The van der Waals surface area contributed by atoms with Crippen LogP contribution in [0.2, 0.25) is 0 Å². The van der Waals surface area contributed by atoms with Crippen molar-refractivity contribution in [1.82, 2.24) is 4.98 Å². The molecular formula is C12H10ClNO2. The molecule has 82 valence electrons. The van der Waals surface area contributed by atoms with Crippen molar-refractivity contribution in [2.45, 2.75) is 0 Å². The van der Waals surface area contributed by atoms with Crippen molar-refractivity contribution in [3.63, 3.8) is 0 Å². The third kappa shape index (κ3) is 3.07. The van der Waals surface area contributed by atoms with E-state index in [2.05, 4.69) is 4.98 Å². The lowest BCUT2D eigenvalue weighted by Gasteiger charge is -2.01. The fraction of sp³-hybridized carbons (Fsp3) is 0. The average molecular weight is 236 g/mol. The molecule has 0 aliphatic carbocycles. The highest BCUT2D eigenvalue weighted by atomic mass is 35.5. The number of hydrogen-bond donors (Lipinski definition) is 0. The van der Waals surface area contributed by atoms with Crippen molar-refractivity contribution in [2.24, 2.45) is 0 Å². The summed E-state index contributed by atoms with van der Waals surface area (Å²) in [4.78, 5) is 15.5. The Morgan fingerprint density at radius 2 is 1.69 bits per heavy atom. The van der Waals surface area contributed by atoms with Crippen LogP contribution in [0.3, 0.4) is 0 Å². The van der Waals surface area contributed by atoms with E-state index in [0.29, 0.717) is 11.4 Å². The summed E-state index contributed by atoms with van der Waals surface area (Å²) in [5.74, 6) is -0.0827. The fourth-order valence-electron chi connectivity index (χ4n) is 1.14. The van der Waals surface area contributed by atoms with Crippen LogP contribution < -0.4 is 4.74 Å². The van der Waals surface area contributed by atoms with Crippen molar-refractivity contribution < 1.29 is 9.53 Å². The summed E-state index contributed by atoms with van der Waals surface area (Å²) in [7, 11) is 0. The number of carbonyl (C=O) groups excluding carboxylic acids is 1. The SMILES string of the molecule is Cl.O=C(Oc1ccccn1)c1ccccc1. The van der Waals surface area contributed by atoms with Gasteiger partial charge in [-0.3, -0.25) is 0 Å². The normalized spacial score (nSPS) is 9.00. The van der Waals surface area contributed by atoms with E-state index in [9.17, 15) is 4.79 Å². The largest absolute Gasteiger partial charge is 0.404 e. The first kappa shape index (κ1) is 12.2. The second kappa shape index (κ2) is 5.88. The van der Waals surface area contributed by atoms with Crippen LogP contribution in [0.25, 0.3) is 0 Å². The van der Waals surface area contributed by atoms with Gasteiger partial charge in [0.05, 0.1) is 5.56 Å². The Morgan fingerprint density at radius 3 is 2.31 bits per heavy atom. The van der Waals surface area contributed by atoms with Gasteiger partial charge in [0.15, 0.2) is 0 Å². The van der Waals surface area contributed by atoms with Gasteiger partial charge in [-0.2, -0.15) is 0 Å². The molecule has 1 aromatic heterocycles. The van der Waals surface area contributed by atoms with Crippen LogP contribution in [0.5, 0.6) is 5.88 Å². The number of nitrogens with zero attached hydrogens (tertiary/aromatic N) is 1. The van der Waals surface area contributed by atoms with Crippen LogP contribution in [0.4, 0.5) is 0 Å². The minimum absolute atomic E-state index is 0. The van der Waals surface area contributed by atoms with Crippen LogP contribution in [0.15, 0.2) is 54.7 Å². The van der Waals surface area contributed by atoms with Crippen LogP contribution >= 0.6 is 12.4 Å². The number of halogens is 1. The molecule has 0 bridgehead atoms. The molecule has 0 atom stereocenters. The summed E-state index contributed by atoms with van der Waals surface area (Å²) in [6.07, 6.45) is 1.58. The monoisotopic (exact) mass is 235 g/mol. The quantitative estimate of drug-likeness (QED) is 0.752. The Bertz CT molecular complexity index is 445. The first-order valence-corrected chi connectivity index (χ1v) is 4.54. The average Bonchev–Trinajstić information content (AvgIpc) is 2.31. The molecule has 0 N–H and O–H groups in total. The molecule has 0 saturated carbocycles. The molecule has 0 unspecified atom stereocenters. The summed E-state index contributed by atoms with van der Waals surface area (Å²) in [6.45, 7) is 0. The second-order valence-corrected chi connectivity index (χ2v) is 2.92. The molecule has 0 amide bonds. The van der Waals surface area contributed by atoms with E-state index in [1.54, 1.807) is 48.7 Å². The molecule has 2 rings (SSSR count). The third-order valence-electron chi connectivity index (χ3n) is 1.84. The highest BCUT2D eigenvalue weighted by Crippen LogP contribution is 2.07. The lowest BCUT2D eigenvalue weighted by Crippen LogP contribution is -2.08. The minimum Gasteiger partial charge on any atom is -0.404 e. The molecule has 3 nitrogen and oxygen atoms in total. The minimum atomic E-state index is -0.394. The number of benzene rings is 1. The maximum atomic E-state index is 11.6. The molecular weight excluding hydrogens is 226 g/mol. The van der Waals surface area contributed by atoms with Crippen LogP contribution in [-0.4, -0.2) is 11.0 Å². The molecule has 0 fully saturated rings. The second-order valence-electron chi connectivity index (χ2n) is 2.92. The van der Waals surface area contributed by atoms with Gasteiger partial charge in [-0.1, -0.05) is 24.3 Å². The van der Waals surface area contributed by atoms with Crippen molar-refractivity contribution in [2.75, 3.05) is 0 Å². The van der Waals surface area contributed by atoms with E-state index in [-0.39, 0.29) is 12.4 Å². The lowest BCUT2D eigenvalue weighted by molar-refractivity contribution is 0.0727. The Labute approximate surface area is 99.5 Å². The van der Waals surface area contributed by atoms with Crippen LogP contribution in [0, 0.1) is 0 Å². The van der Waals surface area contributed by atoms with E-state index in [4.69, 9.17) is 4.74 Å². The van der Waals surface area contributed by atoms with E-state index >= 15 is 0 Å². The molecule has 1 heterocycles. The number of hydrogen-bond acceptors (Lipinski definition) is 3. The van der Waals surface area contributed by atoms with E-state index in [0.717, 1.165) is 0 Å². The predicted octanol–water partition coefficient (Wildman–Crippen LogP) is 2.72. The third-order valence-corrected chi connectivity index (χ3v) is 1.84. The number of aromatic nitrogens is 1. The topological polar surface area (TPSA) is 39.2 Å². The number of esters is 1. The predicted molar refractivity (Wildman–Crippen MR) is 62.9 cm³/mol. The van der Waals surface area contributed by atoms with E-state index < -0.39 is 5.97 Å².